The third-order valence-corrected chi connectivity index (χ3v) is 4.26. The number of alkyl halides is 3. The minimum Gasteiger partial charge on any atom is -0.496 e. The number of fused-ring (bicyclic) bond motifs is 1. The number of ether oxygens (including phenoxy) is 1. The Bertz CT molecular complexity index is 691. The van der Waals surface area contributed by atoms with E-state index < -0.39 is 12.2 Å². The summed E-state index contributed by atoms with van der Waals surface area (Å²) in [5.41, 5.74) is 0.288. The van der Waals surface area contributed by atoms with Crippen LogP contribution in [0.15, 0.2) is 36.4 Å². The Kier molecular flexibility index (Phi) is 7.81. The predicted octanol–water partition coefficient (Wildman–Crippen LogP) is 4.20. The SMILES string of the molecule is COc1ccc([C@@H](N2CCNCC2)C(F)(F)F)c2ccccc12.Cl.Cl. The van der Waals surface area contributed by atoms with E-state index in [-0.39, 0.29) is 30.4 Å². The average molecular weight is 397 g/mol. The van der Waals surface area contributed by atoms with Crippen molar-refractivity contribution in [2.45, 2.75) is 12.2 Å². The van der Waals surface area contributed by atoms with Gasteiger partial charge in [-0.25, -0.2) is 0 Å². The number of hydrogen-bond donors (Lipinski definition) is 1. The van der Waals surface area contributed by atoms with Gasteiger partial charge >= 0.3 is 6.18 Å². The molecule has 0 spiro atoms. The zero-order valence-electron chi connectivity index (χ0n) is 13.7. The molecule has 25 heavy (non-hydrogen) atoms. The van der Waals surface area contributed by atoms with Crippen LogP contribution in [0.1, 0.15) is 11.6 Å². The highest BCUT2D eigenvalue weighted by molar-refractivity contribution is 5.91. The standard InChI is InChI=1S/C17H19F3N2O.2ClH/c1-23-15-7-6-14(12-4-2-3-5-13(12)15)16(17(18,19)20)22-10-8-21-9-11-22;;/h2-7,16,21H,8-11H2,1H3;2*1H/t16-;;/m1../s1. The quantitative estimate of drug-likeness (QED) is 0.841. The number of hydrogen-bond acceptors (Lipinski definition) is 3. The summed E-state index contributed by atoms with van der Waals surface area (Å²) in [6.07, 6.45) is -4.32. The molecular formula is C17H21Cl2F3N2O. The largest absolute Gasteiger partial charge is 0.496 e. The highest BCUT2D eigenvalue weighted by atomic mass is 35.5. The molecule has 0 radical (unpaired) electrons. The number of piperazine rings is 1. The van der Waals surface area contributed by atoms with E-state index in [2.05, 4.69) is 5.32 Å². The molecule has 0 bridgehead atoms. The number of benzene rings is 2. The molecular weight excluding hydrogens is 376 g/mol. The second kappa shape index (κ2) is 8.94. The number of methoxy groups -OCH3 is 1. The van der Waals surface area contributed by atoms with E-state index in [4.69, 9.17) is 4.74 Å². The van der Waals surface area contributed by atoms with Gasteiger partial charge < -0.3 is 10.1 Å². The zero-order valence-corrected chi connectivity index (χ0v) is 15.3. The molecule has 1 N–H and O–H groups in total. The van der Waals surface area contributed by atoms with Gasteiger partial charge in [-0.2, -0.15) is 13.2 Å². The predicted molar refractivity (Wildman–Crippen MR) is 98.2 cm³/mol. The molecule has 1 atom stereocenters. The summed E-state index contributed by atoms with van der Waals surface area (Å²) in [6.45, 7) is 1.90. The Morgan fingerprint density at radius 2 is 1.60 bits per heavy atom. The van der Waals surface area contributed by atoms with Crippen molar-refractivity contribution in [2.75, 3.05) is 33.3 Å². The molecule has 3 rings (SSSR count). The van der Waals surface area contributed by atoms with E-state index in [1.807, 2.05) is 6.07 Å². The molecule has 0 amide bonds. The maximum atomic E-state index is 13.8. The molecule has 1 fully saturated rings. The van der Waals surface area contributed by atoms with Crippen LogP contribution in [0, 0.1) is 0 Å². The van der Waals surface area contributed by atoms with Gasteiger partial charge in [0.25, 0.3) is 0 Å². The maximum Gasteiger partial charge on any atom is 0.408 e. The van der Waals surface area contributed by atoms with Crippen molar-refractivity contribution < 1.29 is 17.9 Å². The minimum absolute atomic E-state index is 0. The number of rotatable bonds is 3. The monoisotopic (exact) mass is 396 g/mol. The molecule has 1 aliphatic rings. The fourth-order valence-electron chi connectivity index (χ4n) is 3.23. The summed E-state index contributed by atoms with van der Waals surface area (Å²) >= 11 is 0. The van der Waals surface area contributed by atoms with Crippen LogP contribution < -0.4 is 10.1 Å². The Hall–Kier alpha value is -1.21. The summed E-state index contributed by atoms with van der Waals surface area (Å²) in [6, 6.07) is 8.66. The Labute approximate surface area is 157 Å². The summed E-state index contributed by atoms with van der Waals surface area (Å²) in [5, 5.41) is 4.39. The molecule has 140 valence electrons. The highest BCUT2D eigenvalue weighted by Crippen LogP contribution is 2.42. The molecule has 0 saturated carbocycles. The van der Waals surface area contributed by atoms with Gasteiger partial charge in [-0.15, -0.1) is 24.8 Å². The first-order valence-corrected chi connectivity index (χ1v) is 7.59. The normalized spacial score (nSPS) is 16.6. The first kappa shape index (κ1) is 21.8. The van der Waals surface area contributed by atoms with Gasteiger partial charge in [0.15, 0.2) is 0 Å². The minimum atomic E-state index is -4.32. The lowest BCUT2D eigenvalue weighted by Gasteiger charge is -2.36. The van der Waals surface area contributed by atoms with Crippen LogP contribution in [0.25, 0.3) is 10.8 Å². The molecule has 0 aromatic heterocycles. The summed E-state index contributed by atoms with van der Waals surface area (Å²) in [4.78, 5) is 1.50. The van der Waals surface area contributed by atoms with Gasteiger partial charge in [-0.3, -0.25) is 4.90 Å². The lowest BCUT2D eigenvalue weighted by Crippen LogP contribution is -2.49. The van der Waals surface area contributed by atoms with Crippen molar-refractivity contribution >= 4 is 35.6 Å². The fraction of sp³-hybridized carbons (Fsp3) is 0.412. The van der Waals surface area contributed by atoms with Crippen molar-refractivity contribution in [3.8, 4) is 5.75 Å². The number of nitrogens with zero attached hydrogens (tertiary/aromatic N) is 1. The maximum absolute atomic E-state index is 13.8. The second-order valence-electron chi connectivity index (χ2n) is 5.63. The lowest BCUT2D eigenvalue weighted by atomic mass is 9.96. The van der Waals surface area contributed by atoms with Crippen LogP contribution in [0.4, 0.5) is 13.2 Å². The first-order chi connectivity index (χ1) is 11.0. The van der Waals surface area contributed by atoms with Crippen LogP contribution in [0.5, 0.6) is 5.75 Å². The highest BCUT2D eigenvalue weighted by Gasteiger charge is 2.45. The van der Waals surface area contributed by atoms with Crippen LogP contribution in [-0.2, 0) is 0 Å². The van der Waals surface area contributed by atoms with E-state index in [0.717, 1.165) is 0 Å². The fourth-order valence-corrected chi connectivity index (χ4v) is 3.23. The first-order valence-electron chi connectivity index (χ1n) is 7.59. The van der Waals surface area contributed by atoms with Gasteiger partial charge in [0, 0.05) is 31.6 Å². The third-order valence-electron chi connectivity index (χ3n) is 4.26. The van der Waals surface area contributed by atoms with E-state index in [9.17, 15) is 13.2 Å². The van der Waals surface area contributed by atoms with Gasteiger partial charge in [-0.05, 0) is 17.0 Å². The second-order valence-corrected chi connectivity index (χ2v) is 5.63. The molecule has 1 aliphatic heterocycles. The van der Waals surface area contributed by atoms with E-state index in [0.29, 0.717) is 42.7 Å². The Balaban J connectivity index is 0.00000156. The van der Waals surface area contributed by atoms with Gasteiger partial charge in [0.2, 0.25) is 0 Å². The Morgan fingerprint density at radius 1 is 1.00 bits per heavy atom. The number of halogens is 5. The number of nitrogens with one attached hydrogen (secondary N) is 1. The zero-order chi connectivity index (χ0) is 16.4. The molecule has 1 heterocycles. The molecule has 2 aromatic carbocycles. The third kappa shape index (κ3) is 4.50. The van der Waals surface area contributed by atoms with Crippen molar-refractivity contribution in [1.82, 2.24) is 10.2 Å². The Morgan fingerprint density at radius 3 is 2.16 bits per heavy atom. The topological polar surface area (TPSA) is 24.5 Å². The summed E-state index contributed by atoms with van der Waals surface area (Å²) < 4.78 is 46.7. The average Bonchev–Trinajstić information content (AvgIpc) is 2.55. The van der Waals surface area contributed by atoms with Gasteiger partial charge in [0.1, 0.15) is 11.8 Å². The smallest absolute Gasteiger partial charge is 0.408 e. The van der Waals surface area contributed by atoms with Crippen molar-refractivity contribution in [2.24, 2.45) is 0 Å². The van der Waals surface area contributed by atoms with Crippen LogP contribution in [0.2, 0.25) is 0 Å². The molecule has 3 nitrogen and oxygen atoms in total. The van der Waals surface area contributed by atoms with E-state index >= 15 is 0 Å². The van der Waals surface area contributed by atoms with E-state index in [1.54, 1.807) is 30.3 Å². The van der Waals surface area contributed by atoms with Crippen LogP contribution in [0.3, 0.4) is 0 Å². The van der Waals surface area contributed by atoms with Crippen molar-refractivity contribution in [1.29, 1.82) is 0 Å². The van der Waals surface area contributed by atoms with Crippen LogP contribution >= 0.6 is 24.8 Å². The summed E-state index contributed by atoms with van der Waals surface area (Å²) in [7, 11) is 1.53. The molecule has 2 aromatic rings. The van der Waals surface area contributed by atoms with Gasteiger partial charge in [-0.1, -0.05) is 30.3 Å². The molecule has 0 unspecified atom stereocenters. The molecule has 1 saturated heterocycles. The van der Waals surface area contributed by atoms with Gasteiger partial charge in [0.05, 0.1) is 7.11 Å². The van der Waals surface area contributed by atoms with Crippen molar-refractivity contribution in [3.63, 3.8) is 0 Å². The molecule has 0 aliphatic carbocycles. The summed E-state index contributed by atoms with van der Waals surface area (Å²) in [5.74, 6) is 0.589. The van der Waals surface area contributed by atoms with Crippen molar-refractivity contribution in [3.05, 3.63) is 42.0 Å². The van der Waals surface area contributed by atoms with E-state index in [1.165, 1.54) is 12.0 Å². The molecule has 8 heteroatoms. The lowest BCUT2D eigenvalue weighted by molar-refractivity contribution is -0.187. The van der Waals surface area contributed by atoms with Crippen LogP contribution in [-0.4, -0.2) is 44.4 Å².